The minimum atomic E-state index is 0.262. The number of piperidine rings is 1. The van der Waals surface area contributed by atoms with Gasteiger partial charge in [0.15, 0.2) is 0 Å². The van der Waals surface area contributed by atoms with Crippen molar-refractivity contribution in [3.8, 4) is 0 Å². The fraction of sp³-hybridized carbons (Fsp3) is 0.714. The molecule has 1 aromatic carbocycles. The molecule has 1 aromatic rings. The van der Waals surface area contributed by atoms with Crippen LogP contribution in [-0.2, 0) is 17.3 Å². The van der Waals surface area contributed by atoms with Gasteiger partial charge in [0.1, 0.15) is 0 Å². The second-order valence-corrected chi connectivity index (χ2v) is 9.13. The molecule has 1 saturated heterocycles. The Morgan fingerprint density at radius 1 is 1.14 bits per heavy atom. The lowest BCUT2D eigenvalue weighted by Gasteiger charge is -2.58. The summed E-state index contributed by atoms with van der Waals surface area (Å²) in [6.07, 6.45) is 8.43. The van der Waals surface area contributed by atoms with Crippen LogP contribution in [0, 0.1) is 5.92 Å². The van der Waals surface area contributed by atoms with Crippen LogP contribution < -0.4 is 0 Å². The quantitative estimate of drug-likeness (QED) is 0.672. The van der Waals surface area contributed by atoms with Crippen LogP contribution in [-0.4, -0.2) is 24.5 Å². The van der Waals surface area contributed by atoms with E-state index < -0.39 is 0 Å². The van der Waals surface area contributed by atoms with Crippen LogP contribution in [0.2, 0.25) is 0 Å². The molecule has 1 saturated carbocycles. The number of fused-ring (bicyclic) bond motifs is 1. The minimum absolute atomic E-state index is 0.262. The van der Waals surface area contributed by atoms with Crippen molar-refractivity contribution < 1.29 is 0 Å². The molecule has 3 unspecified atom stereocenters. The third kappa shape index (κ3) is 2.01. The van der Waals surface area contributed by atoms with E-state index in [1.54, 1.807) is 11.1 Å². The van der Waals surface area contributed by atoms with E-state index >= 15 is 0 Å². The summed E-state index contributed by atoms with van der Waals surface area (Å²) in [4.78, 5) is 2.66. The smallest absolute Gasteiger partial charge is 0.0169 e. The summed E-state index contributed by atoms with van der Waals surface area (Å²) >= 11 is 0. The Bertz CT molecular complexity index is 582. The van der Waals surface area contributed by atoms with Gasteiger partial charge in [-0.3, -0.25) is 0 Å². The molecule has 3 atom stereocenters. The molecular formula is C21H31N. The Morgan fingerprint density at radius 2 is 1.95 bits per heavy atom. The van der Waals surface area contributed by atoms with Gasteiger partial charge in [-0.25, -0.2) is 0 Å². The minimum Gasteiger partial charge on any atom is -0.303 e. The summed E-state index contributed by atoms with van der Waals surface area (Å²) in [6, 6.07) is 8.26. The first kappa shape index (κ1) is 14.8. The highest BCUT2D eigenvalue weighted by Gasteiger charge is 2.53. The van der Waals surface area contributed by atoms with Crippen LogP contribution in [0.1, 0.15) is 69.6 Å². The number of rotatable bonds is 0. The molecule has 3 aliphatic rings. The summed E-state index contributed by atoms with van der Waals surface area (Å²) < 4.78 is 0. The van der Waals surface area contributed by atoms with Crippen LogP contribution >= 0.6 is 0 Å². The van der Waals surface area contributed by atoms with Gasteiger partial charge in [0.05, 0.1) is 0 Å². The van der Waals surface area contributed by atoms with Crippen molar-refractivity contribution in [2.75, 3.05) is 13.6 Å². The lowest BCUT2D eigenvalue weighted by Crippen LogP contribution is -2.59. The van der Waals surface area contributed by atoms with Gasteiger partial charge in [-0.1, -0.05) is 51.8 Å². The number of likely N-dealkylation sites (tertiary alicyclic amines) is 1. The van der Waals surface area contributed by atoms with Gasteiger partial charge in [-0.2, -0.15) is 0 Å². The Labute approximate surface area is 136 Å². The molecule has 4 rings (SSSR count). The van der Waals surface area contributed by atoms with Gasteiger partial charge in [0.2, 0.25) is 0 Å². The first-order valence-electron chi connectivity index (χ1n) is 9.26. The van der Waals surface area contributed by atoms with E-state index in [0.29, 0.717) is 5.41 Å². The van der Waals surface area contributed by atoms with E-state index in [1.165, 1.54) is 50.6 Å². The van der Waals surface area contributed by atoms with Crippen LogP contribution in [0.4, 0.5) is 0 Å². The summed E-state index contributed by atoms with van der Waals surface area (Å²) in [6.45, 7) is 8.35. The summed E-state index contributed by atoms with van der Waals surface area (Å²) in [5.41, 5.74) is 5.70. The number of hydrogen-bond acceptors (Lipinski definition) is 1. The maximum absolute atomic E-state index is 2.66. The zero-order chi connectivity index (χ0) is 15.5. The van der Waals surface area contributed by atoms with Crippen molar-refractivity contribution in [3.05, 3.63) is 34.9 Å². The average Bonchev–Trinajstić information content (AvgIpc) is 2.49. The average molecular weight is 297 g/mol. The standard InChI is InChI=1S/C21H31N/c1-20(2,3)16-9-8-15-13-19-17-7-5-6-10-21(17,18(15)14-16)11-12-22(19)4/h8-9,14,17,19H,5-7,10-13H2,1-4H3. The van der Waals surface area contributed by atoms with E-state index in [1.807, 2.05) is 0 Å². The van der Waals surface area contributed by atoms with Crippen molar-refractivity contribution in [1.82, 2.24) is 4.90 Å². The molecule has 1 heterocycles. The van der Waals surface area contributed by atoms with E-state index in [4.69, 9.17) is 0 Å². The van der Waals surface area contributed by atoms with Gasteiger partial charge in [0.25, 0.3) is 0 Å². The Morgan fingerprint density at radius 3 is 2.73 bits per heavy atom. The van der Waals surface area contributed by atoms with Gasteiger partial charge < -0.3 is 4.90 Å². The van der Waals surface area contributed by atoms with E-state index in [9.17, 15) is 0 Å². The molecule has 2 bridgehead atoms. The largest absolute Gasteiger partial charge is 0.303 e. The molecule has 120 valence electrons. The molecule has 1 heteroatoms. The molecule has 0 N–H and O–H groups in total. The topological polar surface area (TPSA) is 3.24 Å². The molecule has 1 aliphatic heterocycles. The van der Waals surface area contributed by atoms with Crippen molar-refractivity contribution in [3.63, 3.8) is 0 Å². The molecule has 22 heavy (non-hydrogen) atoms. The molecule has 0 aromatic heterocycles. The summed E-state index contributed by atoms with van der Waals surface area (Å²) in [5, 5.41) is 0. The summed E-state index contributed by atoms with van der Waals surface area (Å²) in [5.74, 6) is 0.905. The maximum Gasteiger partial charge on any atom is 0.0169 e. The third-order valence-electron chi connectivity index (χ3n) is 6.98. The Balaban J connectivity index is 1.87. The number of likely N-dealkylation sites (N-methyl/N-ethyl adjacent to an activating group) is 1. The zero-order valence-corrected chi connectivity index (χ0v) is 14.8. The summed E-state index contributed by atoms with van der Waals surface area (Å²) in [7, 11) is 2.36. The molecule has 2 fully saturated rings. The van der Waals surface area contributed by atoms with Crippen LogP contribution in [0.15, 0.2) is 18.2 Å². The van der Waals surface area contributed by atoms with Crippen molar-refractivity contribution >= 4 is 0 Å². The van der Waals surface area contributed by atoms with Crippen molar-refractivity contribution in [2.45, 2.75) is 76.2 Å². The first-order valence-corrected chi connectivity index (χ1v) is 9.26. The highest BCUT2D eigenvalue weighted by Crippen LogP contribution is 2.55. The Hall–Kier alpha value is -0.820. The second-order valence-electron chi connectivity index (χ2n) is 9.13. The van der Waals surface area contributed by atoms with Gasteiger partial charge in [-0.15, -0.1) is 0 Å². The lowest BCUT2D eigenvalue weighted by atomic mass is 9.52. The molecule has 2 aliphatic carbocycles. The van der Waals surface area contributed by atoms with E-state index in [0.717, 1.165) is 12.0 Å². The van der Waals surface area contributed by atoms with Crippen LogP contribution in [0.5, 0.6) is 0 Å². The highest BCUT2D eigenvalue weighted by molar-refractivity contribution is 5.45. The van der Waals surface area contributed by atoms with Gasteiger partial charge in [0, 0.05) is 11.5 Å². The van der Waals surface area contributed by atoms with E-state index in [-0.39, 0.29) is 5.41 Å². The molecule has 0 spiro atoms. The number of hydrogen-bond donors (Lipinski definition) is 0. The first-order chi connectivity index (χ1) is 10.4. The predicted molar refractivity (Wildman–Crippen MR) is 93.5 cm³/mol. The SMILES string of the molecule is CN1CCC23CCCCC2C1Cc1ccc(C(C)(C)C)cc13. The van der Waals surface area contributed by atoms with Gasteiger partial charge in [-0.05, 0) is 67.3 Å². The monoisotopic (exact) mass is 297 g/mol. The third-order valence-corrected chi connectivity index (χ3v) is 6.98. The van der Waals surface area contributed by atoms with Crippen molar-refractivity contribution in [2.24, 2.45) is 5.92 Å². The molecule has 0 radical (unpaired) electrons. The normalized spacial score (nSPS) is 34.9. The van der Waals surface area contributed by atoms with Crippen molar-refractivity contribution in [1.29, 1.82) is 0 Å². The number of benzene rings is 1. The number of nitrogens with zero attached hydrogens (tertiary/aromatic N) is 1. The van der Waals surface area contributed by atoms with Crippen LogP contribution in [0.3, 0.4) is 0 Å². The lowest BCUT2D eigenvalue weighted by molar-refractivity contribution is 0.00277. The fourth-order valence-electron chi connectivity index (χ4n) is 5.66. The zero-order valence-electron chi connectivity index (χ0n) is 14.8. The highest BCUT2D eigenvalue weighted by atomic mass is 15.1. The second kappa shape index (κ2) is 4.84. The predicted octanol–water partition coefficient (Wildman–Crippen LogP) is 4.67. The van der Waals surface area contributed by atoms with Gasteiger partial charge >= 0.3 is 0 Å². The maximum atomic E-state index is 2.66. The molecule has 0 amide bonds. The molecule has 1 nitrogen and oxygen atoms in total. The fourth-order valence-corrected chi connectivity index (χ4v) is 5.66. The Kier molecular flexibility index (Phi) is 3.24. The van der Waals surface area contributed by atoms with E-state index in [2.05, 4.69) is 50.9 Å². The van der Waals surface area contributed by atoms with Crippen LogP contribution in [0.25, 0.3) is 0 Å². The molecular weight excluding hydrogens is 266 g/mol.